The minimum absolute atomic E-state index is 0.0438. The molecule has 176 valence electrons. The van der Waals surface area contributed by atoms with E-state index in [0.717, 1.165) is 44.3 Å². The summed E-state index contributed by atoms with van der Waals surface area (Å²) >= 11 is 0. The molecule has 1 saturated carbocycles. The van der Waals surface area contributed by atoms with Crippen molar-refractivity contribution in [1.82, 2.24) is 9.80 Å². The standard InChI is InChI=1S/C27H34N2O4/c1-20(30)33-24-12-8-11-22(17-24)26-15-16-28(2)19-27(26,32-4)14-13-23(18-26)29(3)25(31)21-9-6-5-7-10-21/h5-12,17,23H,13-16,18-19H2,1-4H3. The first-order chi connectivity index (χ1) is 15.8. The number of piperidine rings is 1. The number of methoxy groups -OCH3 is 1. The maximum absolute atomic E-state index is 13.3. The van der Waals surface area contributed by atoms with Crippen molar-refractivity contribution in [3.05, 3.63) is 65.7 Å². The fourth-order valence-electron chi connectivity index (χ4n) is 5.98. The van der Waals surface area contributed by atoms with Gasteiger partial charge in [-0.1, -0.05) is 30.3 Å². The zero-order chi connectivity index (χ0) is 23.6. The Morgan fingerprint density at radius 3 is 2.55 bits per heavy atom. The van der Waals surface area contributed by atoms with Crippen molar-refractivity contribution in [2.75, 3.05) is 34.3 Å². The van der Waals surface area contributed by atoms with Crippen LogP contribution in [0, 0.1) is 0 Å². The summed E-state index contributed by atoms with van der Waals surface area (Å²) in [6.07, 6.45) is 3.43. The molecule has 0 radical (unpaired) electrons. The van der Waals surface area contributed by atoms with E-state index < -0.39 is 0 Å². The highest BCUT2D eigenvalue weighted by Gasteiger charge is 2.59. The van der Waals surface area contributed by atoms with Crippen LogP contribution in [0.5, 0.6) is 5.75 Å². The molecule has 0 aromatic heterocycles. The number of ether oxygens (including phenoxy) is 2. The zero-order valence-electron chi connectivity index (χ0n) is 20.0. The number of rotatable bonds is 5. The quantitative estimate of drug-likeness (QED) is 0.511. The highest BCUT2D eigenvalue weighted by Crippen LogP contribution is 2.54. The van der Waals surface area contributed by atoms with Crippen LogP contribution in [0.4, 0.5) is 0 Å². The van der Waals surface area contributed by atoms with Gasteiger partial charge in [-0.25, -0.2) is 0 Å². The first kappa shape index (κ1) is 23.5. The number of likely N-dealkylation sites (N-methyl/N-ethyl adjacent to an activating group) is 1. The number of hydrogen-bond donors (Lipinski definition) is 0. The van der Waals surface area contributed by atoms with Crippen molar-refractivity contribution in [3.8, 4) is 5.75 Å². The predicted molar refractivity (Wildman–Crippen MR) is 127 cm³/mol. The predicted octanol–water partition coefficient (Wildman–Crippen LogP) is 3.90. The lowest BCUT2D eigenvalue weighted by atomic mass is 9.55. The molecule has 1 aliphatic heterocycles. The first-order valence-corrected chi connectivity index (χ1v) is 11.7. The van der Waals surface area contributed by atoms with Gasteiger partial charge in [0.2, 0.25) is 0 Å². The molecule has 4 rings (SSSR count). The maximum Gasteiger partial charge on any atom is 0.308 e. The van der Waals surface area contributed by atoms with E-state index in [1.165, 1.54) is 6.92 Å². The number of esters is 1. The largest absolute Gasteiger partial charge is 0.427 e. The SMILES string of the molecule is COC12CCC(N(C)C(=O)c3ccccc3)CC1(c1cccc(OC(C)=O)c1)CCN(C)C2. The Labute approximate surface area is 196 Å². The van der Waals surface area contributed by atoms with Crippen LogP contribution in [0.3, 0.4) is 0 Å². The number of carbonyl (C=O) groups is 2. The molecular weight excluding hydrogens is 416 g/mol. The third-order valence-electron chi connectivity index (χ3n) is 7.71. The van der Waals surface area contributed by atoms with Crippen LogP contribution < -0.4 is 4.74 Å². The number of amides is 1. The second kappa shape index (κ2) is 9.27. The molecule has 3 atom stereocenters. The van der Waals surface area contributed by atoms with Gasteiger partial charge < -0.3 is 19.3 Å². The molecule has 6 heteroatoms. The average molecular weight is 451 g/mol. The highest BCUT2D eigenvalue weighted by atomic mass is 16.5. The maximum atomic E-state index is 13.3. The van der Waals surface area contributed by atoms with Gasteiger partial charge in [0.05, 0.1) is 5.60 Å². The number of carbonyl (C=O) groups excluding carboxylic acids is 2. The molecule has 1 heterocycles. The van der Waals surface area contributed by atoms with Crippen LogP contribution in [0.1, 0.15) is 48.5 Å². The van der Waals surface area contributed by atoms with Gasteiger partial charge in [-0.2, -0.15) is 0 Å². The van der Waals surface area contributed by atoms with E-state index in [0.29, 0.717) is 11.3 Å². The van der Waals surface area contributed by atoms with Gasteiger partial charge in [0.1, 0.15) is 5.75 Å². The minimum atomic E-state index is -0.373. The Morgan fingerprint density at radius 1 is 1.09 bits per heavy atom. The Balaban J connectivity index is 1.73. The van der Waals surface area contributed by atoms with Crippen molar-refractivity contribution < 1.29 is 19.1 Å². The number of fused-ring (bicyclic) bond motifs is 1. The summed E-state index contributed by atoms with van der Waals surface area (Å²) in [6, 6.07) is 17.4. The van der Waals surface area contributed by atoms with Crippen LogP contribution in [-0.4, -0.2) is 67.6 Å². The summed E-state index contributed by atoms with van der Waals surface area (Å²) in [5.41, 5.74) is 1.15. The van der Waals surface area contributed by atoms with Gasteiger partial charge in [-0.15, -0.1) is 0 Å². The molecule has 0 spiro atoms. The summed E-state index contributed by atoms with van der Waals surface area (Å²) in [7, 11) is 5.86. The molecule has 2 aromatic rings. The molecule has 2 fully saturated rings. The lowest BCUT2D eigenvalue weighted by molar-refractivity contribution is -0.149. The van der Waals surface area contributed by atoms with Gasteiger partial charge in [-0.05, 0) is 69.1 Å². The molecular formula is C27H34N2O4. The van der Waals surface area contributed by atoms with Gasteiger partial charge >= 0.3 is 5.97 Å². The lowest BCUT2D eigenvalue weighted by Gasteiger charge is -2.60. The molecule has 2 aromatic carbocycles. The highest BCUT2D eigenvalue weighted by molar-refractivity contribution is 5.94. The monoisotopic (exact) mass is 450 g/mol. The van der Waals surface area contributed by atoms with Crippen LogP contribution in [0.15, 0.2) is 54.6 Å². The van der Waals surface area contributed by atoms with Gasteiger partial charge in [0.15, 0.2) is 0 Å². The second-order valence-electron chi connectivity index (χ2n) is 9.57. The average Bonchev–Trinajstić information content (AvgIpc) is 2.83. The fourth-order valence-corrected chi connectivity index (χ4v) is 5.98. The first-order valence-electron chi connectivity index (χ1n) is 11.7. The third-order valence-corrected chi connectivity index (χ3v) is 7.71. The Bertz CT molecular complexity index is 1010. The van der Waals surface area contributed by atoms with Crippen molar-refractivity contribution in [1.29, 1.82) is 0 Å². The zero-order valence-corrected chi connectivity index (χ0v) is 20.0. The van der Waals surface area contributed by atoms with E-state index in [9.17, 15) is 9.59 Å². The Morgan fingerprint density at radius 2 is 1.85 bits per heavy atom. The number of likely N-dealkylation sites (tertiary alicyclic amines) is 1. The minimum Gasteiger partial charge on any atom is -0.427 e. The molecule has 33 heavy (non-hydrogen) atoms. The van der Waals surface area contributed by atoms with E-state index >= 15 is 0 Å². The van der Waals surface area contributed by atoms with Gasteiger partial charge in [0.25, 0.3) is 5.91 Å². The van der Waals surface area contributed by atoms with Crippen molar-refractivity contribution >= 4 is 11.9 Å². The number of benzene rings is 2. The van der Waals surface area contributed by atoms with Crippen LogP contribution >= 0.6 is 0 Å². The third kappa shape index (κ3) is 4.30. The van der Waals surface area contributed by atoms with Crippen molar-refractivity contribution in [2.24, 2.45) is 0 Å². The summed E-state index contributed by atoms with van der Waals surface area (Å²) in [5.74, 6) is 0.261. The molecule has 3 unspecified atom stereocenters. The van der Waals surface area contributed by atoms with Crippen LogP contribution in [0.25, 0.3) is 0 Å². The fraction of sp³-hybridized carbons (Fsp3) is 0.481. The van der Waals surface area contributed by atoms with Crippen molar-refractivity contribution in [3.63, 3.8) is 0 Å². The van der Waals surface area contributed by atoms with E-state index in [4.69, 9.17) is 9.47 Å². The lowest BCUT2D eigenvalue weighted by Crippen LogP contribution is -2.67. The number of nitrogens with zero attached hydrogens (tertiary/aromatic N) is 2. The van der Waals surface area contributed by atoms with E-state index in [1.54, 1.807) is 0 Å². The van der Waals surface area contributed by atoms with Gasteiger partial charge in [-0.3, -0.25) is 9.59 Å². The van der Waals surface area contributed by atoms with E-state index in [-0.39, 0.29) is 28.9 Å². The molecule has 0 bridgehead atoms. The van der Waals surface area contributed by atoms with Gasteiger partial charge in [0, 0.05) is 44.6 Å². The summed E-state index contributed by atoms with van der Waals surface area (Å²) in [6.45, 7) is 3.18. The summed E-state index contributed by atoms with van der Waals surface area (Å²) in [4.78, 5) is 29.1. The summed E-state index contributed by atoms with van der Waals surface area (Å²) < 4.78 is 11.8. The second-order valence-corrected chi connectivity index (χ2v) is 9.57. The topological polar surface area (TPSA) is 59.1 Å². The molecule has 6 nitrogen and oxygen atoms in total. The molecule has 2 aliphatic rings. The molecule has 1 aliphatic carbocycles. The molecule has 1 saturated heterocycles. The number of hydrogen-bond acceptors (Lipinski definition) is 5. The molecule has 1 amide bonds. The van der Waals surface area contributed by atoms with Crippen LogP contribution in [-0.2, 0) is 14.9 Å². The smallest absolute Gasteiger partial charge is 0.308 e. The van der Waals surface area contributed by atoms with E-state index in [1.807, 2.05) is 67.6 Å². The summed E-state index contributed by atoms with van der Waals surface area (Å²) in [5, 5.41) is 0. The van der Waals surface area contributed by atoms with Crippen LogP contribution in [0.2, 0.25) is 0 Å². The van der Waals surface area contributed by atoms with Crippen molar-refractivity contribution in [2.45, 2.75) is 49.7 Å². The normalized spacial score (nSPS) is 27.5. The molecule has 0 N–H and O–H groups in total. The Kier molecular flexibility index (Phi) is 6.59. The Hall–Kier alpha value is -2.70. The van der Waals surface area contributed by atoms with E-state index in [2.05, 4.69) is 18.0 Å².